The molecule has 0 radical (unpaired) electrons. The number of benzene rings is 1. The first-order chi connectivity index (χ1) is 11.5. The van der Waals surface area contributed by atoms with E-state index in [9.17, 15) is 4.79 Å². The third-order valence-electron chi connectivity index (χ3n) is 3.99. The Morgan fingerprint density at radius 3 is 2.46 bits per heavy atom. The number of urea groups is 1. The van der Waals surface area contributed by atoms with Crippen LogP contribution in [0.4, 0.5) is 4.79 Å². The molecule has 0 aliphatic heterocycles. The molecule has 7 nitrogen and oxygen atoms in total. The van der Waals surface area contributed by atoms with Crippen molar-refractivity contribution in [1.82, 2.24) is 25.4 Å². The van der Waals surface area contributed by atoms with Crippen molar-refractivity contribution < 1.29 is 9.90 Å². The van der Waals surface area contributed by atoms with Crippen molar-refractivity contribution >= 4 is 6.03 Å². The van der Waals surface area contributed by atoms with Crippen LogP contribution >= 0.6 is 0 Å². The molecule has 0 aliphatic carbocycles. The summed E-state index contributed by atoms with van der Waals surface area (Å²) in [6.45, 7) is 6.03. The molecule has 24 heavy (non-hydrogen) atoms. The molecular weight excluding hydrogens is 306 g/mol. The molecule has 2 rings (SSSR count). The minimum Gasteiger partial charge on any atom is -0.396 e. The van der Waals surface area contributed by atoms with E-state index in [1.807, 2.05) is 45.0 Å². The van der Waals surface area contributed by atoms with Crippen LogP contribution in [0, 0.1) is 5.92 Å². The first kappa shape index (κ1) is 17.9. The maximum Gasteiger partial charge on any atom is 0.315 e. The summed E-state index contributed by atoms with van der Waals surface area (Å²) in [5.74, 6) is 0.264. The molecule has 3 N–H and O–H groups in total. The topological polar surface area (TPSA) is 92.1 Å². The molecule has 1 heterocycles. The zero-order valence-corrected chi connectivity index (χ0v) is 14.3. The fourth-order valence-electron chi connectivity index (χ4n) is 2.46. The number of carbonyl (C=O) groups is 1. The van der Waals surface area contributed by atoms with E-state index < -0.39 is 0 Å². The van der Waals surface area contributed by atoms with Gasteiger partial charge in [-0.05, 0) is 37.0 Å². The lowest BCUT2D eigenvalue weighted by Crippen LogP contribution is -2.45. The van der Waals surface area contributed by atoms with Gasteiger partial charge in [-0.25, -0.2) is 14.5 Å². The van der Waals surface area contributed by atoms with Gasteiger partial charge in [0.1, 0.15) is 12.7 Å². The van der Waals surface area contributed by atoms with Crippen molar-refractivity contribution in [3.63, 3.8) is 0 Å². The Balaban J connectivity index is 1.94. The zero-order chi connectivity index (χ0) is 17.5. The van der Waals surface area contributed by atoms with E-state index >= 15 is 0 Å². The molecule has 2 atom stereocenters. The second-order valence-corrected chi connectivity index (χ2v) is 6.13. The Morgan fingerprint density at radius 1 is 1.21 bits per heavy atom. The molecular formula is C17H25N5O2. The largest absolute Gasteiger partial charge is 0.396 e. The van der Waals surface area contributed by atoms with Gasteiger partial charge in [-0.2, -0.15) is 5.10 Å². The number of aliphatic hydroxyl groups is 1. The van der Waals surface area contributed by atoms with Crippen LogP contribution in [0.3, 0.4) is 0 Å². The van der Waals surface area contributed by atoms with E-state index in [1.165, 1.54) is 6.33 Å². The maximum atomic E-state index is 12.1. The molecule has 0 fully saturated rings. The number of amides is 2. The van der Waals surface area contributed by atoms with Crippen LogP contribution in [-0.2, 0) is 0 Å². The van der Waals surface area contributed by atoms with Crippen LogP contribution in [0.25, 0.3) is 5.69 Å². The second-order valence-electron chi connectivity index (χ2n) is 6.13. The van der Waals surface area contributed by atoms with Gasteiger partial charge in [0, 0.05) is 12.6 Å². The molecule has 2 unspecified atom stereocenters. The predicted octanol–water partition coefficient (Wildman–Crippen LogP) is 2.03. The fourth-order valence-corrected chi connectivity index (χ4v) is 2.46. The molecule has 0 saturated carbocycles. The van der Waals surface area contributed by atoms with E-state index in [2.05, 4.69) is 20.7 Å². The molecule has 1 aromatic carbocycles. The number of hydrogen-bond donors (Lipinski definition) is 3. The smallest absolute Gasteiger partial charge is 0.315 e. The van der Waals surface area contributed by atoms with Crippen molar-refractivity contribution in [1.29, 1.82) is 0 Å². The Hall–Kier alpha value is -2.41. The molecule has 1 aromatic heterocycles. The molecule has 2 amide bonds. The quantitative estimate of drug-likeness (QED) is 0.724. The van der Waals surface area contributed by atoms with Crippen molar-refractivity contribution in [2.45, 2.75) is 39.3 Å². The van der Waals surface area contributed by atoms with Gasteiger partial charge in [0.25, 0.3) is 0 Å². The Labute approximate surface area is 142 Å². The van der Waals surface area contributed by atoms with Gasteiger partial charge in [0.2, 0.25) is 0 Å². The number of nitrogens with zero attached hydrogens (tertiary/aromatic N) is 3. The lowest BCUT2D eigenvalue weighted by molar-refractivity contribution is 0.216. The minimum atomic E-state index is -0.227. The van der Waals surface area contributed by atoms with Gasteiger partial charge in [-0.1, -0.05) is 26.0 Å². The molecule has 7 heteroatoms. The van der Waals surface area contributed by atoms with E-state index in [4.69, 9.17) is 5.11 Å². The SMILES string of the molecule is CC(NC(=O)NC(CCO)C(C)C)c1ccc(-n2cncn2)cc1. The summed E-state index contributed by atoms with van der Waals surface area (Å²) in [4.78, 5) is 16.1. The van der Waals surface area contributed by atoms with Crippen molar-refractivity contribution in [2.24, 2.45) is 5.92 Å². The third-order valence-corrected chi connectivity index (χ3v) is 3.99. The summed E-state index contributed by atoms with van der Waals surface area (Å²) in [6.07, 6.45) is 3.67. The highest BCUT2D eigenvalue weighted by Gasteiger charge is 2.17. The fraction of sp³-hybridized carbons (Fsp3) is 0.471. The first-order valence-electron chi connectivity index (χ1n) is 8.14. The molecule has 0 spiro atoms. The summed E-state index contributed by atoms with van der Waals surface area (Å²) < 4.78 is 1.68. The Kier molecular flexibility index (Phi) is 6.31. The van der Waals surface area contributed by atoms with Crippen molar-refractivity contribution in [3.05, 3.63) is 42.5 Å². The number of aromatic nitrogens is 3. The van der Waals surface area contributed by atoms with Crippen molar-refractivity contribution in [3.8, 4) is 5.69 Å². The van der Waals surface area contributed by atoms with Gasteiger partial charge in [0.15, 0.2) is 0 Å². The minimum absolute atomic E-state index is 0.0445. The van der Waals surface area contributed by atoms with E-state index in [0.29, 0.717) is 6.42 Å². The van der Waals surface area contributed by atoms with Crippen LogP contribution in [0.2, 0.25) is 0 Å². The average Bonchev–Trinajstić information content (AvgIpc) is 3.09. The third kappa shape index (κ3) is 4.79. The highest BCUT2D eigenvalue weighted by atomic mass is 16.3. The van der Waals surface area contributed by atoms with Gasteiger partial charge in [0.05, 0.1) is 11.7 Å². The van der Waals surface area contributed by atoms with E-state index in [-0.39, 0.29) is 30.6 Å². The standard InChI is InChI=1S/C17H25N5O2/c1-12(2)16(8-9-23)21-17(24)20-13(3)14-4-6-15(7-5-14)22-11-18-10-19-22/h4-7,10-13,16,23H,8-9H2,1-3H3,(H2,20,21,24). The molecule has 2 aromatic rings. The molecule has 0 saturated heterocycles. The summed E-state index contributed by atoms with van der Waals surface area (Å²) in [5, 5.41) is 19.0. The summed E-state index contributed by atoms with van der Waals surface area (Å²) in [6, 6.07) is 7.38. The van der Waals surface area contributed by atoms with E-state index in [0.717, 1.165) is 11.3 Å². The maximum absolute atomic E-state index is 12.1. The summed E-state index contributed by atoms with van der Waals surface area (Å²) in [7, 11) is 0. The lowest BCUT2D eigenvalue weighted by Gasteiger charge is -2.23. The van der Waals surface area contributed by atoms with Crippen LogP contribution in [-0.4, -0.2) is 38.6 Å². The van der Waals surface area contributed by atoms with Crippen LogP contribution < -0.4 is 10.6 Å². The van der Waals surface area contributed by atoms with Crippen molar-refractivity contribution in [2.75, 3.05) is 6.61 Å². The van der Waals surface area contributed by atoms with Crippen LogP contribution in [0.1, 0.15) is 38.8 Å². The van der Waals surface area contributed by atoms with Crippen LogP contribution in [0.15, 0.2) is 36.9 Å². The molecule has 130 valence electrons. The average molecular weight is 331 g/mol. The normalized spacial score (nSPS) is 13.5. The number of carbonyl (C=O) groups excluding carboxylic acids is 1. The summed E-state index contributed by atoms with van der Waals surface area (Å²) in [5.41, 5.74) is 1.91. The molecule has 0 aliphatic rings. The van der Waals surface area contributed by atoms with Gasteiger partial charge >= 0.3 is 6.03 Å². The highest BCUT2D eigenvalue weighted by molar-refractivity contribution is 5.74. The highest BCUT2D eigenvalue weighted by Crippen LogP contribution is 2.15. The van der Waals surface area contributed by atoms with Gasteiger partial charge < -0.3 is 15.7 Å². The number of rotatable bonds is 7. The van der Waals surface area contributed by atoms with E-state index in [1.54, 1.807) is 11.0 Å². The Bertz CT molecular complexity index is 625. The van der Waals surface area contributed by atoms with Gasteiger partial charge in [-0.3, -0.25) is 0 Å². The Morgan fingerprint density at radius 2 is 1.92 bits per heavy atom. The van der Waals surface area contributed by atoms with Gasteiger partial charge in [-0.15, -0.1) is 0 Å². The summed E-state index contributed by atoms with van der Waals surface area (Å²) >= 11 is 0. The zero-order valence-electron chi connectivity index (χ0n) is 14.3. The monoisotopic (exact) mass is 331 g/mol. The lowest BCUT2D eigenvalue weighted by atomic mass is 10.0. The molecule has 0 bridgehead atoms. The second kappa shape index (κ2) is 8.44. The predicted molar refractivity (Wildman–Crippen MR) is 91.8 cm³/mol. The number of aliphatic hydroxyl groups excluding tert-OH is 1. The number of nitrogens with one attached hydrogen (secondary N) is 2. The van der Waals surface area contributed by atoms with Crippen LogP contribution in [0.5, 0.6) is 0 Å². The number of hydrogen-bond acceptors (Lipinski definition) is 4. The first-order valence-corrected chi connectivity index (χ1v) is 8.14.